The van der Waals surface area contributed by atoms with Gasteiger partial charge in [0.2, 0.25) is 5.91 Å². The van der Waals surface area contributed by atoms with Crippen LogP contribution < -0.4 is 11.1 Å². The van der Waals surface area contributed by atoms with E-state index in [2.05, 4.69) is 5.32 Å². The number of alkyl halides is 3. The van der Waals surface area contributed by atoms with E-state index in [1.165, 1.54) is 0 Å². The minimum atomic E-state index is -4.52. The second-order valence-electron chi connectivity index (χ2n) is 6.03. The van der Waals surface area contributed by atoms with Gasteiger partial charge in [0, 0.05) is 0 Å². The van der Waals surface area contributed by atoms with Crippen molar-refractivity contribution < 1.29 is 27.9 Å². The van der Waals surface area contributed by atoms with Crippen LogP contribution in [0, 0.1) is 0 Å². The summed E-state index contributed by atoms with van der Waals surface area (Å²) in [5, 5.41) is 12.4. The topological polar surface area (TPSA) is 92.4 Å². The molecular formula is C20H19F3N2O3. The molecule has 8 heteroatoms. The highest BCUT2D eigenvalue weighted by Crippen LogP contribution is 2.30. The number of hydrogen-bond acceptors (Lipinski definition) is 3. The third-order valence-electron chi connectivity index (χ3n) is 3.94. The Hall–Kier alpha value is -3.13. The number of aliphatic hydroxyl groups excluding tert-OH is 1. The Labute approximate surface area is 159 Å². The van der Waals surface area contributed by atoms with Crippen LogP contribution in [0.15, 0.2) is 60.7 Å². The van der Waals surface area contributed by atoms with Gasteiger partial charge in [-0.1, -0.05) is 54.6 Å². The number of carbonyl (C=O) groups is 2. The molecule has 0 bridgehead atoms. The minimum Gasteiger partial charge on any atom is -0.378 e. The molecule has 0 fully saturated rings. The van der Waals surface area contributed by atoms with Gasteiger partial charge in [0.05, 0.1) is 5.56 Å². The molecule has 5 nitrogen and oxygen atoms in total. The fourth-order valence-electron chi connectivity index (χ4n) is 2.41. The maximum atomic E-state index is 12.6. The zero-order valence-electron chi connectivity index (χ0n) is 14.7. The van der Waals surface area contributed by atoms with Crippen molar-refractivity contribution in [1.29, 1.82) is 0 Å². The molecule has 0 aliphatic carbocycles. The minimum absolute atomic E-state index is 0.0338. The normalized spacial score (nSPS) is 13.9. The third kappa shape index (κ3) is 5.95. The van der Waals surface area contributed by atoms with Gasteiger partial charge >= 0.3 is 6.18 Å². The lowest BCUT2D eigenvalue weighted by molar-refractivity contribution is -0.137. The third-order valence-corrected chi connectivity index (χ3v) is 3.94. The summed E-state index contributed by atoms with van der Waals surface area (Å²) in [6.07, 6.45) is -2.77. The van der Waals surface area contributed by atoms with Crippen molar-refractivity contribution in [1.82, 2.24) is 5.32 Å². The highest BCUT2D eigenvalue weighted by molar-refractivity contribution is 5.89. The fourth-order valence-corrected chi connectivity index (χ4v) is 2.41. The van der Waals surface area contributed by atoms with Crippen LogP contribution in [0.1, 0.15) is 29.2 Å². The first kappa shape index (κ1) is 21.2. The van der Waals surface area contributed by atoms with E-state index in [0.29, 0.717) is 0 Å². The molecule has 0 aromatic heterocycles. The molecule has 0 aliphatic rings. The summed E-state index contributed by atoms with van der Waals surface area (Å²) in [6, 6.07) is 11.7. The molecule has 0 heterocycles. The molecule has 0 spiro atoms. The molecule has 0 unspecified atom stereocenters. The lowest BCUT2D eigenvalue weighted by Crippen LogP contribution is -2.45. The Kier molecular flexibility index (Phi) is 6.94. The van der Waals surface area contributed by atoms with Crippen LogP contribution in [-0.2, 0) is 15.8 Å². The first-order valence-electron chi connectivity index (χ1n) is 8.35. The molecule has 148 valence electrons. The lowest BCUT2D eigenvalue weighted by Gasteiger charge is -2.17. The summed E-state index contributed by atoms with van der Waals surface area (Å²) in [4.78, 5) is 23.7. The molecule has 0 radical (unpaired) electrons. The standard InChI is InChI=1S/C20H19F3N2O3/c21-20(22,23)15-11-9-14(10-12-15)17(26)19(28)25-16(18(24)27)8-4-7-13-5-2-1-3-6-13/h1-7,9-12,16-17,26H,8H2,(H2,24,27)(H,25,28)/b7-4+/t16-,17+/m1/s1. The van der Waals surface area contributed by atoms with E-state index < -0.39 is 35.7 Å². The molecule has 2 aromatic carbocycles. The van der Waals surface area contributed by atoms with Crippen molar-refractivity contribution in [3.63, 3.8) is 0 Å². The molecule has 28 heavy (non-hydrogen) atoms. The van der Waals surface area contributed by atoms with Gasteiger partial charge in [0.25, 0.3) is 5.91 Å². The summed E-state index contributed by atoms with van der Waals surface area (Å²) in [7, 11) is 0. The van der Waals surface area contributed by atoms with Crippen LogP contribution in [0.5, 0.6) is 0 Å². The van der Waals surface area contributed by atoms with Crippen LogP contribution in [0.3, 0.4) is 0 Å². The number of carbonyl (C=O) groups excluding carboxylic acids is 2. The second-order valence-corrected chi connectivity index (χ2v) is 6.03. The molecular weight excluding hydrogens is 373 g/mol. The van der Waals surface area contributed by atoms with E-state index in [4.69, 9.17) is 5.73 Å². The smallest absolute Gasteiger partial charge is 0.378 e. The van der Waals surface area contributed by atoms with Crippen molar-refractivity contribution in [3.05, 3.63) is 77.4 Å². The van der Waals surface area contributed by atoms with Gasteiger partial charge in [0.1, 0.15) is 6.04 Å². The highest BCUT2D eigenvalue weighted by Gasteiger charge is 2.31. The number of benzene rings is 2. The monoisotopic (exact) mass is 392 g/mol. The maximum absolute atomic E-state index is 12.6. The Morgan fingerprint density at radius 3 is 2.21 bits per heavy atom. The Morgan fingerprint density at radius 1 is 1.07 bits per heavy atom. The number of hydrogen-bond donors (Lipinski definition) is 3. The van der Waals surface area contributed by atoms with E-state index in [1.54, 1.807) is 12.2 Å². The van der Waals surface area contributed by atoms with E-state index in [1.807, 2.05) is 30.3 Å². The number of rotatable bonds is 7. The SMILES string of the molecule is NC(=O)[C@@H](C/C=C/c1ccccc1)NC(=O)[C@@H](O)c1ccc(C(F)(F)F)cc1. The molecule has 2 atom stereocenters. The highest BCUT2D eigenvalue weighted by atomic mass is 19.4. The number of aliphatic hydroxyl groups is 1. The van der Waals surface area contributed by atoms with Gasteiger partial charge in [0.15, 0.2) is 6.10 Å². The van der Waals surface area contributed by atoms with Crippen LogP contribution in [0.4, 0.5) is 13.2 Å². The average molecular weight is 392 g/mol. The van der Waals surface area contributed by atoms with Gasteiger partial charge in [-0.15, -0.1) is 0 Å². The van der Waals surface area contributed by atoms with Gasteiger partial charge in [-0.2, -0.15) is 13.2 Å². The average Bonchev–Trinajstić information content (AvgIpc) is 2.66. The number of primary amides is 1. The van der Waals surface area contributed by atoms with Gasteiger partial charge in [-0.3, -0.25) is 9.59 Å². The van der Waals surface area contributed by atoms with Crippen molar-refractivity contribution in [3.8, 4) is 0 Å². The Balaban J connectivity index is 2.01. The number of halogens is 3. The first-order chi connectivity index (χ1) is 13.2. The summed E-state index contributed by atoms with van der Waals surface area (Å²) in [5.41, 5.74) is 5.24. The lowest BCUT2D eigenvalue weighted by atomic mass is 10.1. The van der Waals surface area contributed by atoms with Crippen molar-refractivity contribution in [2.24, 2.45) is 5.73 Å². The van der Waals surface area contributed by atoms with E-state index >= 15 is 0 Å². The fraction of sp³-hybridized carbons (Fsp3) is 0.200. The molecule has 0 saturated heterocycles. The summed E-state index contributed by atoms with van der Waals surface area (Å²) in [6.45, 7) is 0. The van der Waals surface area contributed by atoms with Gasteiger partial charge < -0.3 is 16.2 Å². The van der Waals surface area contributed by atoms with Gasteiger partial charge in [-0.25, -0.2) is 0 Å². The van der Waals surface area contributed by atoms with E-state index in [9.17, 15) is 27.9 Å². The number of nitrogens with one attached hydrogen (secondary N) is 1. The predicted molar refractivity (Wildman–Crippen MR) is 97.6 cm³/mol. The van der Waals surface area contributed by atoms with Crippen LogP contribution >= 0.6 is 0 Å². The summed E-state index contributed by atoms with van der Waals surface area (Å²) >= 11 is 0. The first-order valence-corrected chi connectivity index (χ1v) is 8.35. The Bertz CT molecular complexity index is 834. The van der Waals surface area contributed by atoms with Crippen molar-refractivity contribution >= 4 is 17.9 Å². The maximum Gasteiger partial charge on any atom is 0.416 e. The molecule has 0 saturated carbocycles. The summed E-state index contributed by atoms with van der Waals surface area (Å²) in [5.74, 6) is -1.73. The van der Waals surface area contributed by atoms with Crippen LogP contribution in [-0.4, -0.2) is 23.0 Å². The molecule has 2 amide bonds. The molecule has 4 N–H and O–H groups in total. The van der Waals surface area contributed by atoms with Crippen LogP contribution in [0.2, 0.25) is 0 Å². The van der Waals surface area contributed by atoms with Crippen molar-refractivity contribution in [2.75, 3.05) is 0 Å². The number of nitrogens with two attached hydrogens (primary N) is 1. The zero-order chi connectivity index (χ0) is 20.7. The van der Waals surface area contributed by atoms with Crippen LogP contribution in [0.25, 0.3) is 6.08 Å². The summed E-state index contributed by atoms with van der Waals surface area (Å²) < 4.78 is 37.7. The molecule has 0 aliphatic heterocycles. The van der Waals surface area contributed by atoms with Gasteiger partial charge in [-0.05, 0) is 29.7 Å². The Morgan fingerprint density at radius 2 is 1.68 bits per heavy atom. The molecule has 2 aromatic rings. The quantitative estimate of drug-likeness (QED) is 0.677. The second kappa shape index (κ2) is 9.18. The van der Waals surface area contributed by atoms with E-state index in [-0.39, 0.29) is 12.0 Å². The number of amides is 2. The van der Waals surface area contributed by atoms with Crippen molar-refractivity contribution in [2.45, 2.75) is 24.7 Å². The largest absolute Gasteiger partial charge is 0.416 e. The zero-order valence-corrected chi connectivity index (χ0v) is 14.7. The molecule has 2 rings (SSSR count). The predicted octanol–water partition coefficient (Wildman–Crippen LogP) is 2.81. The van der Waals surface area contributed by atoms with E-state index in [0.717, 1.165) is 29.8 Å².